The number of carbonyl (C=O) groups is 1. The molecule has 0 bridgehead atoms. The van der Waals surface area contributed by atoms with Gasteiger partial charge in [-0.3, -0.25) is 10.1 Å². The number of ether oxygens (including phenoxy) is 3. The monoisotopic (exact) mass is 417 g/mol. The van der Waals surface area contributed by atoms with Crippen molar-refractivity contribution in [3.05, 3.63) is 59.1 Å². The smallest absolute Gasteiger partial charge is 0.312 e. The fourth-order valence-corrected chi connectivity index (χ4v) is 3.04. The van der Waals surface area contributed by atoms with E-state index in [4.69, 9.17) is 25.8 Å². The molecule has 2 atom stereocenters. The van der Waals surface area contributed by atoms with Gasteiger partial charge in [0.05, 0.1) is 12.0 Å². The summed E-state index contributed by atoms with van der Waals surface area (Å²) in [6.07, 6.45) is 0.605. The molecule has 0 saturated carbocycles. The molecule has 0 aromatic heterocycles. The van der Waals surface area contributed by atoms with Crippen molar-refractivity contribution in [3.8, 4) is 11.5 Å². The molecule has 0 radical (unpaired) electrons. The molecule has 2 aromatic rings. The Morgan fingerprint density at radius 2 is 1.66 bits per heavy atom. The van der Waals surface area contributed by atoms with E-state index >= 15 is 0 Å². The van der Waals surface area contributed by atoms with E-state index in [0.717, 1.165) is 30.0 Å². The number of halogens is 1. The Balaban J connectivity index is 1.47. The van der Waals surface area contributed by atoms with Crippen LogP contribution in [-0.2, 0) is 16.1 Å². The lowest BCUT2D eigenvalue weighted by Gasteiger charge is -2.24. The molecule has 2 aromatic carbocycles. The molecular formula is C23H28ClNO4. The summed E-state index contributed by atoms with van der Waals surface area (Å²) in [6.45, 7) is 7.34. The van der Waals surface area contributed by atoms with Crippen molar-refractivity contribution in [3.63, 3.8) is 0 Å². The van der Waals surface area contributed by atoms with Crippen molar-refractivity contribution in [1.82, 2.24) is 5.32 Å². The highest BCUT2D eigenvalue weighted by atomic mass is 35.5. The maximum absolute atomic E-state index is 12.1. The van der Waals surface area contributed by atoms with E-state index in [1.54, 1.807) is 0 Å². The van der Waals surface area contributed by atoms with Gasteiger partial charge in [-0.1, -0.05) is 23.7 Å². The van der Waals surface area contributed by atoms with Gasteiger partial charge in [0, 0.05) is 10.9 Å². The summed E-state index contributed by atoms with van der Waals surface area (Å²) < 4.78 is 17.3. The Morgan fingerprint density at radius 3 is 2.28 bits per heavy atom. The maximum atomic E-state index is 12.1. The van der Waals surface area contributed by atoms with Gasteiger partial charge in [-0.05, 0) is 75.7 Å². The van der Waals surface area contributed by atoms with Gasteiger partial charge in [0.1, 0.15) is 18.1 Å². The topological polar surface area (TPSA) is 56.8 Å². The zero-order chi connectivity index (χ0) is 20.9. The molecule has 1 fully saturated rings. The highest BCUT2D eigenvalue weighted by Gasteiger charge is 2.34. The minimum Gasteiger partial charge on any atom is -0.493 e. The molecule has 1 N–H and O–H groups in total. The van der Waals surface area contributed by atoms with Gasteiger partial charge >= 0.3 is 5.97 Å². The highest BCUT2D eigenvalue weighted by Crippen LogP contribution is 2.24. The third-order valence-electron chi connectivity index (χ3n) is 4.74. The molecule has 156 valence electrons. The lowest BCUT2D eigenvalue weighted by atomic mass is 9.97. The lowest BCUT2D eigenvalue weighted by Crippen LogP contribution is -2.38. The van der Waals surface area contributed by atoms with Gasteiger partial charge in [0.25, 0.3) is 0 Å². The molecule has 0 amide bonds. The Hall–Kier alpha value is -2.24. The van der Waals surface area contributed by atoms with Crippen LogP contribution in [-0.4, -0.2) is 25.3 Å². The third-order valence-corrected chi connectivity index (χ3v) is 4.99. The van der Waals surface area contributed by atoms with Crippen molar-refractivity contribution >= 4 is 17.6 Å². The fraction of sp³-hybridized carbons (Fsp3) is 0.435. The molecule has 0 aliphatic carbocycles. The van der Waals surface area contributed by atoms with Crippen LogP contribution in [0.25, 0.3) is 0 Å². The second kappa shape index (κ2) is 9.51. The molecule has 3 rings (SSSR count). The van der Waals surface area contributed by atoms with Crippen molar-refractivity contribution in [2.45, 2.75) is 40.0 Å². The molecule has 1 saturated heterocycles. The van der Waals surface area contributed by atoms with Crippen LogP contribution in [0.3, 0.4) is 0 Å². The van der Waals surface area contributed by atoms with Gasteiger partial charge < -0.3 is 14.2 Å². The average Bonchev–Trinajstić information content (AvgIpc) is 3.13. The number of nitrogens with one attached hydrogen (secondary N) is 1. The van der Waals surface area contributed by atoms with E-state index in [2.05, 4.69) is 5.32 Å². The van der Waals surface area contributed by atoms with Crippen LogP contribution in [0.4, 0.5) is 0 Å². The SMILES string of the molecule is CC(C)(C)C(=O)OC1NCC[C@@H]1COc1ccc(OCc2ccc(Cl)cc2)cc1. The number of benzene rings is 2. The first-order valence-corrected chi connectivity index (χ1v) is 10.2. The van der Waals surface area contributed by atoms with E-state index in [1.807, 2.05) is 69.3 Å². The van der Waals surface area contributed by atoms with Gasteiger partial charge in [0.15, 0.2) is 6.23 Å². The third kappa shape index (κ3) is 6.38. The number of hydrogen-bond donors (Lipinski definition) is 1. The Bertz CT molecular complexity index is 799. The number of esters is 1. The Labute approximate surface area is 177 Å². The maximum Gasteiger partial charge on any atom is 0.312 e. The summed E-state index contributed by atoms with van der Waals surface area (Å²) in [5, 5.41) is 3.95. The average molecular weight is 418 g/mol. The normalized spacial score (nSPS) is 19.0. The molecule has 1 unspecified atom stereocenters. The van der Waals surface area contributed by atoms with Crippen LogP contribution in [0.5, 0.6) is 11.5 Å². The summed E-state index contributed by atoms with van der Waals surface area (Å²) in [5.74, 6) is 1.45. The van der Waals surface area contributed by atoms with Crippen LogP contribution >= 0.6 is 11.6 Å². The predicted octanol–water partition coefficient (Wildman–Crippen LogP) is 4.82. The van der Waals surface area contributed by atoms with E-state index in [1.165, 1.54) is 0 Å². The summed E-state index contributed by atoms with van der Waals surface area (Å²) in [4.78, 5) is 12.1. The largest absolute Gasteiger partial charge is 0.493 e. The molecule has 29 heavy (non-hydrogen) atoms. The van der Waals surface area contributed by atoms with Crippen LogP contribution < -0.4 is 14.8 Å². The van der Waals surface area contributed by atoms with Gasteiger partial charge in [-0.15, -0.1) is 0 Å². The molecule has 5 nitrogen and oxygen atoms in total. The number of rotatable bonds is 7. The lowest BCUT2D eigenvalue weighted by molar-refractivity contribution is -0.162. The molecule has 1 aliphatic rings. The fourth-order valence-electron chi connectivity index (χ4n) is 2.91. The highest BCUT2D eigenvalue weighted by molar-refractivity contribution is 6.30. The molecule has 6 heteroatoms. The van der Waals surface area contributed by atoms with Gasteiger partial charge in [-0.25, -0.2) is 0 Å². The molecular weight excluding hydrogens is 390 g/mol. The van der Waals surface area contributed by atoms with Crippen molar-refractivity contribution in [2.75, 3.05) is 13.2 Å². The first-order valence-electron chi connectivity index (χ1n) is 9.86. The molecule has 0 spiro atoms. The van der Waals surface area contributed by atoms with Crippen molar-refractivity contribution in [1.29, 1.82) is 0 Å². The number of carbonyl (C=O) groups excluding carboxylic acids is 1. The van der Waals surface area contributed by atoms with Crippen LogP contribution in [0, 0.1) is 11.3 Å². The van der Waals surface area contributed by atoms with E-state index in [9.17, 15) is 4.79 Å². The summed E-state index contributed by atoms with van der Waals surface area (Å²) in [6, 6.07) is 15.1. The van der Waals surface area contributed by atoms with Gasteiger partial charge in [-0.2, -0.15) is 0 Å². The van der Waals surface area contributed by atoms with Crippen LogP contribution in [0.1, 0.15) is 32.8 Å². The van der Waals surface area contributed by atoms with Crippen LogP contribution in [0.15, 0.2) is 48.5 Å². The second-order valence-corrected chi connectivity index (χ2v) is 8.71. The van der Waals surface area contributed by atoms with Crippen molar-refractivity contribution in [2.24, 2.45) is 11.3 Å². The van der Waals surface area contributed by atoms with E-state index in [-0.39, 0.29) is 18.1 Å². The summed E-state index contributed by atoms with van der Waals surface area (Å²) >= 11 is 5.89. The predicted molar refractivity (Wildman–Crippen MR) is 113 cm³/mol. The number of hydrogen-bond acceptors (Lipinski definition) is 5. The standard InChI is InChI=1S/C23H28ClNO4/c1-23(2,3)22(26)29-21-17(12-13-25-21)15-28-20-10-8-19(9-11-20)27-14-16-4-6-18(24)7-5-16/h4-11,17,21,25H,12-15H2,1-3H3/t17-,21?/m1/s1. The van der Waals surface area contributed by atoms with E-state index in [0.29, 0.717) is 18.2 Å². The van der Waals surface area contributed by atoms with Gasteiger partial charge in [0.2, 0.25) is 0 Å². The Kier molecular flexibility index (Phi) is 7.04. The molecule has 1 heterocycles. The quantitative estimate of drug-likeness (QED) is 0.654. The first kappa shape index (κ1) is 21.5. The van der Waals surface area contributed by atoms with E-state index < -0.39 is 5.41 Å². The second-order valence-electron chi connectivity index (χ2n) is 8.28. The Morgan fingerprint density at radius 1 is 1.03 bits per heavy atom. The summed E-state index contributed by atoms with van der Waals surface area (Å²) in [7, 11) is 0. The first-order chi connectivity index (χ1) is 13.8. The minimum atomic E-state index is -0.516. The molecule has 1 aliphatic heterocycles. The zero-order valence-electron chi connectivity index (χ0n) is 17.1. The van der Waals surface area contributed by atoms with Crippen LogP contribution in [0.2, 0.25) is 5.02 Å². The summed E-state index contributed by atoms with van der Waals surface area (Å²) in [5.41, 5.74) is 0.539. The van der Waals surface area contributed by atoms with Crippen molar-refractivity contribution < 1.29 is 19.0 Å². The zero-order valence-corrected chi connectivity index (χ0v) is 17.9. The minimum absolute atomic E-state index is 0.127.